The molecule has 0 unspecified atom stereocenters. The fourth-order valence-corrected chi connectivity index (χ4v) is 1.49. The zero-order valence-corrected chi connectivity index (χ0v) is 9.86. The van der Waals surface area contributed by atoms with E-state index in [1.165, 1.54) is 4.90 Å². The summed E-state index contributed by atoms with van der Waals surface area (Å²) in [5, 5.41) is 2.77. The molecule has 0 atom stereocenters. The van der Waals surface area contributed by atoms with Crippen LogP contribution in [-0.4, -0.2) is 75.1 Å². The van der Waals surface area contributed by atoms with E-state index in [4.69, 9.17) is 4.74 Å². The van der Waals surface area contributed by atoms with Crippen molar-refractivity contribution in [3.8, 4) is 0 Å². The molecule has 6 nitrogen and oxygen atoms in total. The summed E-state index contributed by atoms with van der Waals surface area (Å²) in [6, 6.07) is 0. The standard InChI is InChI=1S/C10H19N3O3/c1-11-7-9(14)12(2)8-10(15)13-3-5-16-6-4-13/h11H,3-8H2,1-2H3. The van der Waals surface area contributed by atoms with Crippen LogP contribution in [0.1, 0.15) is 0 Å². The number of carbonyl (C=O) groups is 2. The Balaban J connectivity index is 2.34. The van der Waals surface area contributed by atoms with Crippen LogP contribution in [0.15, 0.2) is 0 Å². The molecule has 2 amide bonds. The van der Waals surface area contributed by atoms with Crippen molar-refractivity contribution in [2.75, 3.05) is 53.5 Å². The molecule has 92 valence electrons. The number of nitrogens with one attached hydrogen (secondary N) is 1. The number of carbonyl (C=O) groups excluding carboxylic acids is 2. The number of amides is 2. The lowest BCUT2D eigenvalue weighted by atomic mass is 10.3. The molecule has 1 N–H and O–H groups in total. The van der Waals surface area contributed by atoms with Gasteiger partial charge >= 0.3 is 0 Å². The molecular weight excluding hydrogens is 210 g/mol. The molecule has 0 saturated carbocycles. The fourth-order valence-electron chi connectivity index (χ4n) is 1.49. The minimum absolute atomic E-state index is 0.0183. The SMILES string of the molecule is CNCC(=O)N(C)CC(=O)N1CCOCC1. The van der Waals surface area contributed by atoms with E-state index < -0.39 is 0 Å². The van der Waals surface area contributed by atoms with Crippen LogP contribution < -0.4 is 5.32 Å². The normalized spacial score (nSPS) is 16.0. The number of hydrogen-bond donors (Lipinski definition) is 1. The van der Waals surface area contributed by atoms with Gasteiger partial charge in [-0.2, -0.15) is 0 Å². The summed E-state index contributed by atoms with van der Waals surface area (Å²) in [5.41, 5.74) is 0. The zero-order chi connectivity index (χ0) is 12.0. The lowest BCUT2D eigenvalue weighted by Crippen LogP contribution is -2.47. The number of likely N-dealkylation sites (N-methyl/N-ethyl adjacent to an activating group) is 2. The second kappa shape index (κ2) is 6.44. The third-order valence-electron chi connectivity index (χ3n) is 2.49. The van der Waals surface area contributed by atoms with Gasteiger partial charge in [0.2, 0.25) is 11.8 Å². The monoisotopic (exact) mass is 229 g/mol. The molecule has 1 aliphatic rings. The van der Waals surface area contributed by atoms with Gasteiger partial charge in [0, 0.05) is 20.1 Å². The Morgan fingerprint density at radius 3 is 2.56 bits per heavy atom. The highest BCUT2D eigenvalue weighted by atomic mass is 16.5. The largest absolute Gasteiger partial charge is 0.378 e. The second-order valence-corrected chi connectivity index (χ2v) is 3.77. The molecule has 0 bridgehead atoms. The summed E-state index contributed by atoms with van der Waals surface area (Å²) in [5.74, 6) is -0.0978. The minimum Gasteiger partial charge on any atom is -0.378 e. The minimum atomic E-state index is -0.0795. The Kier molecular flexibility index (Phi) is 5.21. The molecule has 0 aliphatic carbocycles. The van der Waals surface area contributed by atoms with Crippen molar-refractivity contribution in [3.63, 3.8) is 0 Å². The first-order chi connectivity index (χ1) is 7.65. The van der Waals surface area contributed by atoms with Crippen molar-refractivity contribution in [2.45, 2.75) is 0 Å². The van der Waals surface area contributed by atoms with Crippen LogP contribution >= 0.6 is 0 Å². The Morgan fingerprint density at radius 1 is 1.38 bits per heavy atom. The maximum atomic E-state index is 11.8. The number of morpholine rings is 1. The third-order valence-corrected chi connectivity index (χ3v) is 2.49. The van der Waals surface area contributed by atoms with Crippen molar-refractivity contribution in [3.05, 3.63) is 0 Å². The lowest BCUT2D eigenvalue weighted by Gasteiger charge is -2.28. The molecule has 1 aliphatic heterocycles. The molecule has 1 heterocycles. The van der Waals surface area contributed by atoms with Gasteiger partial charge in [-0.25, -0.2) is 0 Å². The summed E-state index contributed by atoms with van der Waals surface area (Å²) < 4.78 is 5.16. The average molecular weight is 229 g/mol. The fraction of sp³-hybridized carbons (Fsp3) is 0.800. The predicted octanol–water partition coefficient (Wildman–Crippen LogP) is -1.48. The van der Waals surface area contributed by atoms with E-state index in [9.17, 15) is 9.59 Å². The van der Waals surface area contributed by atoms with Crippen LogP contribution in [-0.2, 0) is 14.3 Å². The highest BCUT2D eigenvalue weighted by Gasteiger charge is 2.19. The summed E-state index contributed by atoms with van der Waals surface area (Å²) in [6.45, 7) is 2.80. The number of hydrogen-bond acceptors (Lipinski definition) is 4. The molecule has 0 aromatic heterocycles. The highest BCUT2D eigenvalue weighted by molar-refractivity contribution is 5.85. The topological polar surface area (TPSA) is 61.9 Å². The van der Waals surface area contributed by atoms with E-state index in [0.717, 1.165) is 0 Å². The van der Waals surface area contributed by atoms with Gasteiger partial charge in [-0.1, -0.05) is 0 Å². The van der Waals surface area contributed by atoms with E-state index in [2.05, 4.69) is 5.32 Å². The first-order valence-electron chi connectivity index (χ1n) is 5.39. The molecule has 0 radical (unpaired) electrons. The Labute approximate surface area is 95.5 Å². The van der Waals surface area contributed by atoms with Gasteiger partial charge in [-0.15, -0.1) is 0 Å². The molecule has 0 spiro atoms. The van der Waals surface area contributed by atoms with Crippen molar-refractivity contribution in [2.24, 2.45) is 0 Å². The van der Waals surface area contributed by atoms with Gasteiger partial charge in [0.05, 0.1) is 26.3 Å². The molecule has 6 heteroatoms. The molecule has 16 heavy (non-hydrogen) atoms. The number of rotatable bonds is 4. The number of ether oxygens (including phenoxy) is 1. The highest BCUT2D eigenvalue weighted by Crippen LogP contribution is 1.98. The van der Waals surface area contributed by atoms with Crippen molar-refractivity contribution in [1.82, 2.24) is 15.1 Å². The lowest BCUT2D eigenvalue weighted by molar-refractivity contribution is -0.141. The van der Waals surface area contributed by atoms with Gasteiger partial charge in [-0.05, 0) is 7.05 Å². The third kappa shape index (κ3) is 3.79. The quantitative estimate of drug-likeness (QED) is 0.639. The summed E-state index contributed by atoms with van der Waals surface area (Å²) in [6.07, 6.45) is 0. The zero-order valence-electron chi connectivity index (χ0n) is 9.86. The van der Waals surface area contributed by atoms with Crippen LogP contribution in [0.2, 0.25) is 0 Å². The second-order valence-electron chi connectivity index (χ2n) is 3.77. The van der Waals surface area contributed by atoms with Crippen molar-refractivity contribution >= 4 is 11.8 Å². The summed E-state index contributed by atoms with van der Waals surface area (Å²) in [4.78, 5) is 26.4. The molecular formula is C10H19N3O3. The van der Waals surface area contributed by atoms with Gasteiger partial charge in [0.1, 0.15) is 0 Å². The molecule has 0 aromatic carbocycles. The first-order valence-corrected chi connectivity index (χ1v) is 5.39. The summed E-state index contributed by atoms with van der Waals surface area (Å²) in [7, 11) is 3.34. The smallest absolute Gasteiger partial charge is 0.242 e. The van der Waals surface area contributed by atoms with E-state index in [0.29, 0.717) is 26.3 Å². The van der Waals surface area contributed by atoms with Gasteiger partial charge in [-0.3, -0.25) is 9.59 Å². The maximum Gasteiger partial charge on any atom is 0.242 e. The van der Waals surface area contributed by atoms with Crippen molar-refractivity contribution in [1.29, 1.82) is 0 Å². The van der Waals surface area contributed by atoms with Gasteiger partial charge in [0.25, 0.3) is 0 Å². The van der Waals surface area contributed by atoms with Gasteiger partial charge in [0.15, 0.2) is 0 Å². The predicted molar refractivity (Wildman–Crippen MR) is 59.0 cm³/mol. The van der Waals surface area contributed by atoms with Crippen molar-refractivity contribution < 1.29 is 14.3 Å². The van der Waals surface area contributed by atoms with E-state index >= 15 is 0 Å². The Hall–Kier alpha value is -1.14. The van der Waals surface area contributed by atoms with Crippen LogP contribution in [0.25, 0.3) is 0 Å². The molecule has 0 aromatic rings. The van der Waals surface area contributed by atoms with Crippen LogP contribution in [0.5, 0.6) is 0 Å². The molecule has 1 rings (SSSR count). The first kappa shape index (κ1) is 12.9. The molecule has 1 fully saturated rings. The van der Waals surface area contributed by atoms with Crippen LogP contribution in [0.4, 0.5) is 0 Å². The Bertz CT molecular complexity index is 252. The number of nitrogens with zero attached hydrogens (tertiary/aromatic N) is 2. The van der Waals surface area contributed by atoms with Crippen LogP contribution in [0, 0.1) is 0 Å². The summed E-state index contributed by atoms with van der Waals surface area (Å²) >= 11 is 0. The maximum absolute atomic E-state index is 11.8. The van der Waals surface area contributed by atoms with E-state index in [1.807, 2.05) is 0 Å². The Morgan fingerprint density at radius 2 is 2.00 bits per heavy atom. The molecule has 1 saturated heterocycles. The van der Waals surface area contributed by atoms with E-state index in [1.54, 1.807) is 19.0 Å². The average Bonchev–Trinajstić information content (AvgIpc) is 2.30. The van der Waals surface area contributed by atoms with E-state index in [-0.39, 0.29) is 24.9 Å². The van der Waals surface area contributed by atoms with Gasteiger partial charge < -0.3 is 19.9 Å². The van der Waals surface area contributed by atoms with Crippen LogP contribution in [0.3, 0.4) is 0 Å².